The van der Waals surface area contributed by atoms with Crippen molar-refractivity contribution in [3.05, 3.63) is 59.1 Å². The Kier molecular flexibility index (Phi) is 4.38. The molecule has 0 aromatic heterocycles. The zero-order valence-electron chi connectivity index (χ0n) is 11.6. The molecule has 1 amide bonds. The van der Waals surface area contributed by atoms with E-state index >= 15 is 0 Å². The predicted molar refractivity (Wildman–Crippen MR) is 84.3 cm³/mol. The minimum Gasteiger partial charge on any atom is -0.508 e. The number of carbonyl (C=O) groups is 1. The highest BCUT2D eigenvalue weighted by Gasteiger charge is 2.37. The summed E-state index contributed by atoms with van der Waals surface area (Å²) in [6, 6.07) is 13.6. The number of amides is 1. The number of halogens is 1. The van der Waals surface area contributed by atoms with Gasteiger partial charge in [-0.2, -0.15) is 0 Å². The molecule has 5 heteroatoms. The van der Waals surface area contributed by atoms with Crippen LogP contribution in [0.2, 0.25) is 5.02 Å². The SMILES string of the molecule is CCC(Nc1ccccc1Cl)(C(N)=O)c1ccc(O)cc1. The van der Waals surface area contributed by atoms with E-state index in [2.05, 4.69) is 5.32 Å². The van der Waals surface area contributed by atoms with Gasteiger partial charge in [-0.1, -0.05) is 42.8 Å². The Bertz CT molecular complexity index is 643. The van der Waals surface area contributed by atoms with E-state index in [4.69, 9.17) is 17.3 Å². The second kappa shape index (κ2) is 6.06. The van der Waals surface area contributed by atoms with Crippen molar-refractivity contribution in [3.8, 4) is 5.75 Å². The fraction of sp³-hybridized carbons (Fsp3) is 0.188. The van der Waals surface area contributed by atoms with Crippen LogP contribution in [0.25, 0.3) is 0 Å². The van der Waals surface area contributed by atoms with Gasteiger partial charge < -0.3 is 16.2 Å². The molecular formula is C16H17ClN2O2. The third-order valence-corrected chi connectivity index (χ3v) is 3.86. The molecule has 0 aliphatic heterocycles. The highest BCUT2D eigenvalue weighted by atomic mass is 35.5. The van der Waals surface area contributed by atoms with Crippen molar-refractivity contribution < 1.29 is 9.90 Å². The molecule has 0 fully saturated rings. The number of benzene rings is 2. The summed E-state index contributed by atoms with van der Waals surface area (Å²) in [5.74, 6) is -0.374. The maximum absolute atomic E-state index is 12.1. The second-order valence-electron chi connectivity index (χ2n) is 4.77. The van der Waals surface area contributed by atoms with E-state index in [0.29, 0.717) is 22.7 Å². The van der Waals surface area contributed by atoms with Crippen LogP contribution < -0.4 is 11.1 Å². The number of nitrogens with two attached hydrogens (primary N) is 1. The molecule has 4 nitrogen and oxygen atoms in total. The first kappa shape index (κ1) is 15.2. The van der Waals surface area contributed by atoms with Crippen LogP contribution in [-0.4, -0.2) is 11.0 Å². The molecule has 21 heavy (non-hydrogen) atoms. The third-order valence-electron chi connectivity index (χ3n) is 3.53. The minimum absolute atomic E-state index is 0.131. The van der Waals surface area contributed by atoms with Crippen LogP contribution in [0.15, 0.2) is 48.5 Å². The van der Waals surface area contributed by atoms with Gasteiger partial charge in [0.15, 0.2) is 0 Å². The molecule has 0 radical (unpaired) electrons. The van der Waals surface area contributed by atoms with E-state index in [1.807, 2.05) is 19.1 Å². The summed E-state index contributed by atoms with van der Waals surface area (Å²) in [5.41, 5.74) is 5.87. The van der Waals surface area contributed by atoms with E-state index < -0.39 is 11.4 Å². The van der Waals surface area contributed by atoms with Gasteiger partial charge in [0, 0.05) is 0 Å². The molecule has 0 aliphatic rings. The first-order valence-corrected chi connectivity index (χ1v) is 6.99. The highest BCUT2D eigenvalue weighted by Crippen LogP contribution is 2.33. The summed E-state index contributed by atoms with van der Waals surface area (Å²) in [6.07, 6.45) is 0.443. The molecule has 4 N–H and O–H groups in total. The smallest absolute Gasteiger partial charge is 0.247 e. The average Bonchev–Trinajstić information content (AvgIpc) is 2.47. The van der Waals surface area contributed by atoms with Crippen molar-refractivity contribution in [1.82, 2.24) is 0 Å². The number of aromatic hydroxyl groups is 1. The first-order valence-electron chi connectivity index (χ1n) is 6.61. The molecule has 0 bridgehead atoms. The molecule has 0 aliphatic carbocycles. The lowest BCUT2D eigenvalue weighted by atomic mass is 9.86. The summed E-state index contributed by atoms with van der Waals surface area (Å²) >= 11 is 6.15. The normalized spacial score (nSPS) is 13.4. The van der Waals surface area contributed by atoms with Gasteiger partial charge in [-0.25, -0.2) is 0 Å². The van der Waals surface area contributed by atoms with E-state index in [9.17, 15) is 9.90 Å². The summed E-state index contributed by atoms with van der Waals surface area (Å²) in [6.45, 7) is 1.86. The lowest BCUT2D eigenvalue weighted by molar-refractivity contribution is -0.122. The summed E-state index contributed by atoms with van der Waals surface area (Å²) in [4.78, 5) is 12.1. The van der Waals surface area contributed by atoms with Crippen LogP contribution in [0.4, 0.5) is 5.69 Å². The average molecular weight is 305 g/mol. The lowest BCUT2D eigenvalue weighted by Gasteiger charge is -2.32. The van der Waals surface area contributed by atoms with Crippen molar-refractivity contribution >= 4 is 23.2 Å². The topological polar surface area (TPSA) is 75.3 Å². The molecule has 0 heterocycles. The monoisotopic (exact) mass is 304 g/mol. The predicted octanol–water partition coefficient (Wildman–Crippen LogP) is 3.25. The summed E-state index contributed by atoms with van der Waals surface area (Å²) in [7, 11) is 0. The maximum atomic E-state index is 12.1. The fourth-order valence-electron chi connectivity index (χ4n) is 2.28. The number of phenolic OH excluding ortho intramolecular Hbond substituents is 1. The number of carbonyl (C=O) groups excluding carboxylic acids is 1. The largest absolute Gasteiger partial charge is 0.508 e. The van der Waals surface area contributed by atoms with Crippen molar-refractivity contribution in [3.63, 3.8) is 0 Å². The van der Waals surface area contributed by atoms with Crippen molar-refractivity contribution in [2.75, 3.05) is 5.32 Å². The Hall–Kier alpha value is -2.20. The Balaban J connectivity index is 2.50. The minimum atomic E-state index is -1.08. The van der Waals surface area contributed by atoms with Crippen LogP contribution in [0.1, 0.15) is 18.9 Å². The molecule has 110 valence electrons. The summed E-state index contributed by atoms with van der Waals surface area (Å²) < 4.78 is 0. The quantitative estimate of drug-likeness (QED) is 0.793. The van der Waals surface area contributed by atoms with Gasteiger partial charge in [0.1, 0.15) is 11.3 Å². The lowest BCUT2D eigenvalue weighted by Crippen LogP contribution is -2.47. The third kappa shape index (κ3) is 2.95. The number of rotatable bonds is 5. The maximum Gasteiger partial charge on any atom is 0.247 e. The number of phenols is 1. The molecule has 2 rings (SSSR count). The standard InChI is InChI=1S/C16H17ClN2O2/c1-2-16(15(18)21,11-7-9-12(20)10-8-11)19-14-6-4-3-5-13(14)17/h3-10,19-20H,2H2,1H3,(H2,18,21). The Morgan fingerprint density at radius 1 is 1.24 bits per heavy atom. The van der Waals surface area contributed by atoms with Crippen molar-refractivity contribution in [2.24, 2.45) is 5.73 Å². The van der Waals surface area contributed by atoms with Crippen LogP contribution in [0.3, 0.4) is 0 Å². The molecule has 2 aromatic rings. The van der Waals surface area contributed by atoms with Crippen LogP contribution in [-0.2, 0) is 10.3 Å². The number of primary amides is 1. The van der Waals surface area contributed by atoms with Gasteiger partial charge in [0.2, 0.25) is 5.91 Å². The van der Waals surface area contributed by atoms with Gasteiger partial charge in [-0.3, -0.25) is 4.79 Å². The molecule has 1 unspecified atom stereocenters. The van der Waals surface area contributed by atoms with Crippen LogP contribution >= 0.6 is 11.6 Å². The van der Waals surface area contributed by atoms with Gasteiger partial charge >= 0.3 is 0 Å². The zero-order chi connectivity index (χ0) is 15.5. The van der Waals surface area contributed by atoms with E-state index in [1.54, 1.807) is 24.3 Å². The van der Waals surface area contributed by atoms with E-state index in [-0.39, 0.29) is 5.75 Å². The van der Waals surface area contributed by atoms with Crippen LogP contribution in [0, 0.1) is 0 Å². The zero-order valence-corrected chi connectivity index (χ0v) is 12.4. The summed E-state index contributed by atoms with van der Waals surface area (Å²) in [5, 5.41) is 13.1. The van der Waals surface area contributed by atoms with Gasteiger partial charge in [0.25, 0.3) is 0 Å². The molecule has 2 aromatic carbocycles. The number of hydrogen-bond acceptors (Lipinski definition) is 3. The number of anilines is 1. The van der Waals surface area contributed by atoms with Gasteiger partial charge in [-0.15, -0.1) is 0 Å². The Morgan fingerprint density at radius 3 is 2.38 bits per heavy atom. The van der Waals surface area contributed by atoms with E-state index in [1.165, 1.54) is 12.1 Å². The number of hydrogen-bond donors (Lipinski definition) is 3. The second-order valence-corrected chi connectivity index (χ2v) is 5.18. The van der Waals surface area contributed by atoms with Crippen molar-refractivity contribution in [2.45, 2.75) is 18.9 Å². The molecule has 0 spiro atoms. The van der Waals surface area contributed by atoms with Gasteiger partial charge in [-0.05, 0) is 36.2 Å². The Morgan fingerprint density at radius 2 is 1.86 bits per heavy atom. The van der Waals surface area contributed by atoms with Crippen molar-refractivity contribution in [1.29, 1.82) is 0 Å². The molecule has 1 atom stereocenters. The number of para-hydroxylation sites is 1. The van der Waals surface area contributed by atoms with Crippen LogP contribution in [0.5, 0.6) is 5.75 Å². The highest BCUT2D eigenvalue weighted by molar-refractivity contribution is 6.33. The molecular weight excluding hydrogens is 288 g/mol. The molecule has 0 saturated heterocycles. The number of nitrogens with one attached hydrogen (secondary N) is 1. The first-order chi connectivity index (χ1) is 9.99. The van der Waals surface area contributed by atoms with E-state index in [0.717, 1.165) is 0 Å². The fourth-order valence-corrected chi connectivity index (χ4v) is 2.46. The van der Waals surface area contributed by atoms with Gasteiger partial charge in [0.05, 0.1) is 10.7 Å². The molecule has 0 saturated carbocycles. The Labute approximate surface area is 128 Å².